The van der Waals surface area contributed by atoms with Crippen LogP contribution >= 0.6 is 0 Å². The lowest BCUT2D eigenvalue weighted by Crippen LogP contribution is -2.53. The van der Waals surface area contributed by atoms with Gasteiger partial charge in [0.25, 0.3) is 5.91 Å². The topological polar surface area (TPSA) is 39.2 Å². The summed E-state index contributed by atoms with van der Waals surface area (Å²) in [6.07, 6.45) is 9.50. The molecule has 0 saturated carbocycles. The van der Waals surface area contributed by atoms with Crippen molar-refractivity contribution in [1.82, 2.24) is 14.7 Å². The van der Waals surface area contributed by atoms with E-state index < -0.39 is 0 Å². The van der Waals surface area contributed by atoms with Gasteiger partial charge in [-0.05, 0) is 26.8 Å². The minimum Gasteiger partial charge on any atom is -0.340 e. The third-order valence-electron chi connectivity index (χ3n) is 4.80. The summed E-state index contributed by atoms with van der Waals surface area (Å²) in [4.78, 5) is 23.9. The number of hydrogen-bond acceptors (Lipinski definition) is 4. The molecule has 0 bridgehead atoms. The zero-order chi connectivity index (χ0) is 18.9. The molecule has 1 fully saturated rings. The van der Waals surface area contributed by atoms with Gasteiger partial charge >= 0.3 is 0 Å². The number of amides is 1. The summed E-state index contributed by atoms with van der Waals surface area (Å²) in [7, 11) is 0. The van der Waals surface area contributed by atoms with Gasteiger partial charge < -0.3 is 4.90 Å². The molecular weight excluding hydrogens is 324 g/mol. The number of rotatable bonds is 7. The van der Waals surface area contributed by atoms with Gasteiger partial charge in [-0.3, -0.25) is 19.6 Å². The van der Waals surface area contributed by atoms with Crippen molar-refractivity contribution in [2.45, 2.75) is 40.0 Å². The SMILES string of the molecule is C=C(/C=C\C=C(C)C)C(=O)N1CCN=C1N1CCN(CCCCC)CC1. The second kappa shape index (κ2) is 10.3. The van der Waals surface area contributed by atoms with Crippen LogP contribution in [0.15, 0.2) is 40.9 Å². The van der Waals surface area contributed by atoms with E-state index in [9.17, 15) is 4.79 Å². The van der Waals surface area contributed by atoms with Crippen LogP contribution < -0.4 is 0 Å². The van der Waals surface area contributed by atoms with Crippen molar-refractivity contribution in [3.8, 4) is 0 Å². The molecule has 2 aliphatic heterocycles. The molecule has 5 nitrogen and oxygen atoms in total. The predicted molar refractivity (Wildman–Crippen MR) is 109 cm³/mol. The van der Waals surface area contributed by atoms with Gasteiger partial charge in [-0.1, -0.05) is 50.1 Å². The minimum absolute atomic E-state index is 0.0370. The van der Waals surface area contributed by atoms with Gasteiger partial charge in [0.1, 0.15) is 0 Å². The highest BCUT2D eigenvalue weighted by molar-refractivity contribution is 6.07. The van der Waals surface area contributed by atoms with Gasteiger partial charge in [0.15, 0.2) is 0 Å². The van der Waals surface area contributed by atoms with Crippen molar-refractivity contribution in [3.05, 3.63) is 36.0 Å². The quantitative estimate of drug-likeness (QED) is 0.399. The molecule has 0 radical (unpaired) electrons. The number of unbranched alkanes of at least 4 members (excludes halogenated alkanes) is 2. The summed E-state index contributed by atoms with van der Waals surface area (Å²) in [5.41, 5.74) is 1.71. The Bertz CT molecular complexity index is 579. The lowest BCUT2D eigenvalue weighted by atomic mass is 10.2. The average Bonchev–Trinajstić information content (AvgIpc) is 3.11. The number of carbonyl (C=O) groups excluding carboxylic acids is 1. The summed E-state index contributed by atoms with van der Waals surface area (Å²) >= 11 is 0. The van der Waals surface area contributed by atoms with Gasteiger partial charge in [0, 0.05) is 38.3 Å². The second-order valence-corrected chi connectivity index (χ2v) is 7.30. The maximum Gasteiger partial charge on any atom is 0.260 e. The van der Waals surface area contributed by atoms with E-state index in [1.807, 2.05) is 26.0 Å². The lowest BCUT2D eigenvalue weighted by molar-refractivity contribution is -0.123. The van der Waals surface area contributed by atoms with Crippen LogP contribution in [0.25, 0.3) is 0 Å². The zero-order valence-corrected chi connectivity index (χ0v) is 16.7. The van der Waals surface area contributed by atoms with E-state index in [-0.39, 0.29) is 5.91 Å². The molecule has 2 aliphatic rings. The van der Waals surface area contributed by atoms with Crippen LogP contribution in [0.4, 0.5) is 0 Å². The highest BCUT2D eigenvalue weighted by Gasteiger charge is 2.30. The Labute approximate surface area is 158 Å². The van der Waals surface area contributed by atoms with E-state index in [1.165, 1.54) is 31.4 Å². The number of allylic oxidation sites excluding steroid dienone is 3. The number of guanidine groups is 1. The fourth-order valence-electron chi connectivity index (χ4n) is 3.26. The van der Waals surface area contributed by atoms with E-state index in [1.54, 1.807) is 11.0 Å². The minimum atomic E-state index is -0.0370. The molecule has 0 spiro atoms. The largest absolute Gasteiger partial charge is 0.340 e. The molecule has 5 heteroatoms. The second-order valence-electron chi connectivity index (χ2n) is 7.30. The monoisotopic (exact) mass is 358 g/mol. The van der Waals surface area contributed by atoms with Gasteiger partial charge in [-0.25, -0.2) is 0 Å². The summed E-state index contributed by atoms with van der Waals surface area (Å²) in [5.74, 6) is 0.796. The number of hydrogen-bond donors (Lipinski definition) is 0. The van der Waals surface area contributed by atoms with Crippen LogP contribution in [-0.2, 0) is 4.79 Å². The Morgan fingerprint density at radius 1 is 1.15 bits per heavy atom. The third-order valence-corrected chi connectivity index (χ3v) is 4.80. The Hall–Kier alpha value is -1.88. The number of piperazine rings is 1. The normalized spacial score (nSPS) is 18.3. The summed E-state index contributed by atoms with van der Waals surface area (Å²) in [6.45, 7) is 16.7. The van der Waals surface area contributed by atoms with Gasteiger partial charge in [0.05, 0.1) is 6.54 Å². The van der Waals surface area contributed by atoms with Gasteiger partial charge in [-0.15, -0.1) is 0 Å². The van der Waals surface area contributed by atoms with Gasteiger partial charge in [-0.2, -0.15) is 0 Å². The molecule has 1 amide bonds. The Balaban J connectivity index is 1.88. The first-order valence-corrected chi connectivity index (χ1v) is 9.87. The molecule has 0 aromatic carbocycles. The fraction of sp³-hybridized carbons (Fsp3) is 0.619. The number of nitrogens with zero attached hydrogens (tertiary/aromatic N) is 4. The van der Waals surface area contributed by atoms with E-state index >= 15 is 0 Å². The molecule has 26 heavy (non-hydrogen) atoms. The number of aliphatic imine (C=N–C) groups is 1. The average molecular weight is 359 g/mol. The van der Waals surface area contributed by atoms with Crippen LogP contribution in [-0.4, -0.2) is 72.4 Å². The number of carbonyl (C=O) groups is 1. The van der Waals surface area contributed by atoms with E-state index in [2.05, 4.69) is 28.3 Å². The molecule has 2 rings (SSSR count). The molecule has 144 valence electrons. The molecule has 0 unspecified atom stereocenters. The van der Waals surface area contributed by atoms with E-state index in [0.29, 0.717) is 18.7 Å². The van der Waals surface area contributed by atoms with Crippen LogP contribution in [0.2, 0.25) is 0 Å². The van der Waals surface area contributed by atoms with Crippen LogP contribution in [0.3, 0.4) is 0 Å². The lowest BCUT2D eigenvalue weighted by Gasteiger charge is -2.37. The molecular formula is C21H34N4O. The smallest absolute Gasteiger partial charge is 0.260 e. The summed E-state index contributed by atoms with van der Waals surface area (Å²) in [6, 6.07) is 0. The van der Waals surface area contributed by atoms with Crippen LogP contribution in [0.5, 0.6) is 0 Å². The predicted octanol–water partition coefficient (Wildman–Crippen LogP) is 3.07. The molecule has 0 aromatic heterocycles. The Morgan fingerprint density at radius 2 is 1.88 bits per heavy atom. The highest BCUT2D eigenvalue weighted by atomic mass is 16.2. The van der Waals surface area contributed by atoms with Crippen molar-refractivity contribution in [3.63, 3.8) is 0 Å². The maximum atomic E-state index is 12.7. The first-order chi connectivity index (χ1) is 12.5. The van der Waals surface area contributed by atoms with Crippen molar-refractivity contribution >= 4 is 11.9 Å². The highest BCUT2D eigenvalue weighted by Crippen LogP contribution is 2.14. The molecule has 2 heterocycles. The third kappa shape index (κ3) is 5.84. The Kier molecular flexibility index (Phi) is 8.10. The first kappa shape index (κ1) is 20.4. The first-order valence-electron chi connectivity index (χ1n) is 9.87. The van der Waals surface area contributed by atoms with Gasteiger partial charge in [0.2, 0.25) is 5.96 Å². The van der Waals surface area contributed by atoms with Crippen molar-refractivity contribution in [2.24, 2.45) is 4.99 Å². The Morgan fingerprint density at radius 3 is 2.54 bits per heavy atom. The molecule has 0 atom stereocenters. The van der Waals surface area contributed by atoms with Crippen LogP contribution in [0.1, 0.15) is 40.0 Å². The van der Waals surface area contributed by atoms with Crippen LogP contribution in [0, 0.1) is 0 Å². The molecule has 0 aromatic rings. The van der Waals surface area contributed by atoms with E-state index in [4.69, 9.17) is 0 Å². The van der Waals surface area contributed by atoms with E-state index in [0.717, 1.165) is 32.1 Å². The van der Waals surface area contributed by atoms with Crippen molar-refractivity contribution < 1.29 is 4.79 Å². The summed E-state index contributed by atoms with van der Waals surface area (Å²) < 4.78 is 0. The summed E-state index contributed by atoms with van der Waals surface area (Å²) in [5, 5.41) is 0. The molecule has 0 aliphatic carbocycles. The fourth-order valence-corrected chi connectivity index (χ4v) is 3.26. The molecule has 0 N–H and O–H groups in total. The standard InChI is InChI=1S/C21H34N4O/c1-5-6-7-12-23-14-16-24(17-15-23)21-22-11-13-25(21)20(26)19(4)10-8-9-18(2)3/h8-10H,4-7,11-17H2,1-3H3/b10-8-. The van der Waals surface area contributed by atoms with Crippen molar-refractivity contribution in [2.75, 3.05) is 45.8 Å². The molecule has 1 saturated heterocycles. The zero-order valence-electron chi connectivity index (χ0n) is 16.7. The van der Waals surface area contributed by atoms with Crippen molar-refractivity contribution in [1.29, 1.82) is 0 Å². The maximum absolute atomic E-state index is 12.7.